The molecule has 1 fully saturated rings. The zero-order chi connectivity index (χ0) is 15.2. The number of amides is 2. The molecule has 1 unspecified atom stereocenters. The molecule has 1 atom stereocenters. The van der Waals surface area contributed by atoms with E-state index < -0.39 is 0 Å². The van der Waals surface area contributed by atoms with Crippen LogP contribution >= 0.6 is 0 Å². The second kappa shape index (κ2) is 7.17. The van der Waals surface area contributed by atoms with E-state index in [1.54, 1.807) is 0 Å². The number of anilines is 1. The van der Waals surface area contributed by atoms with Gasteiger partial charge in [0, 0.05) is 18.8 Å². The maximum absolute atomic E-state index is 12.8. The number of likely N-dealkylation sites (N-methyl/N-ethyl adjacent to an activating group) is 1. The van der Waals surface area contributed by atoms with E-state index in [9.17, 15) is 14.0 Å². The molecule has 0 aliphatic carbocycles. The number of quaternary nitrogens is 1. The Bertz CT molecular complexity index is 498. The summed E-state index contributed by atoms with van der Waals surface area (Å²) in [6, 6.07) is 5.61. The van der Waals surface area contributed by atoms with Gasteiger partial charge in [-0.1, -0.05) is 0 Å². The van der Waals surface area contributed by atoms with Crippen LogP contribution in [0.1, 0.15) is 12.8 Å². The van der Waals surface area contributed by atoms with Crippen LogP contribution in [0, 0.1) is 5.82 Å². The zero-order valence-electron chi connectivity index (χ0n) is 12.2. The van der Waals surface area contributed by atoms with E-state index in [0.29, 0.717) is 12.2 Å². The number of nitrogens with zero attached hydrogens (tertiary/aromatic N) is 1. The standard InChI is InChI=1S/C15H20FN3O2/c1-18(11-15(21)19-8-2-3-9-19)10-14(20)17-13-6-4-12(16)5-7-13/h4-7H,2-3,8-11H2,1H3,(H,17,20)/p+1. The van der Waals surface area contributed by atoms with Gasteiger partial charge in [0.05, 0.1) is 7.05 Å². The Balaban J connectivity index is 1.76. The lowest BCUT2D eigenvalue weighted by molar-refractivity contribution is -0.862. The fourth-order valence-corrected chi connectivity index (χ4v) is 2.41. The van der Waals surface area contributed by atoms with Crippen molar-refractivity contribution >= 4 is 17.5 Å². The van der Waals surface area contributed by atoms with Crippen LogP contribution in [0.25, 0.3) is 0 Å². The highest BCUT2D eigenvalue weighted by Gasteiger charge is 2.22. The third-order valence-electron chi connectivity index (χ3n) is 3.50. The van der Waals surface area contributed by atoms with Crippen molar-refractivity contribution < 1.29 is 18.9 Å². The van der Waals surface area contributed by atoms with Crippen molar-refractivity contribution in [3.05, 3.63) is 30.1 Å². The quantitative estimate of drug-likeness (QED) is 0.797. The molecular weight excluding hydrogens is 273 g/mol. The summed E-state index contributed by atoms with van der Waals surface area (Å²) in [5.74, 6) is -0.431. The van der Waals surface area contributed by atoms with Gasteiger partial charge in [-0.2, -0.15) is 0 Å². The van der Waals surface area contributed by atoms with Crippen molar-refractivity contribution in [2.75, 3.05) is 38.5 Å². The molecule has 1 aliphatic heterocycles. The molecule has 2 N–H and O–H groups in total. The maximum atomic E-state index is 12.8. The summed E-state index contributed by atoms with van der Waals surface area (Å²) >= 11 is 0. The van der Waals surface area contributed by atoms with Crippen molar-refractivity contribution in [2.24, 2.45) is 0 Å². The largest absolute Gasteiger partial charge is 0.338 e. The van der Waals surface area contributed by atoms with Crippen molar-refractivity contribution in [3.63, 3.8) is 0 Å². The minimum Gasteiger partial charge on any atom is -0.338 e. The second-order valence-electron chi connectivity index (χ2n) is 5.45. The lowest BCUT2D eigenvalue weighted by atomic mass is 10.3. The molecule has 1 aliphatic rings. The molecule has 0 bridgehead atoms. The summed E-state index contributed by atoms with van der Waals surface area (Å²) in [6.07, 6.45) is 2.13. The molecule has 6 heteroatoms. The number of halogens is 1. The van der Waals surface area contributed by atoms with Gasteiger partial charge < -0.3 is 15.1 Å². The van der Waals surface area contributed by atoms with E-state index in [1.165, 1.54) is 24.3 Å². The number of rotatable bonds is 5. The summed E-state index contributed by atoms with van der Waals surface area (Å²) < 4.78 is 12.8. The van der Waals surface area contributed by atoms with Crippen molar-refractivity contribution in [2.45, 2.75) is 12.8 Å². The number of benzene rings is 1. The van der Waals surface area contributed by atoms with E-state index >= 15 is 0 Å². The average Bonchev–Trinajstić information content (AvgIpc) is 2.95. The van der Waals surface area contributed by atoms with Crippen LogP contribution in [0.5, 0.6) is 0 Å². The van der Waals surface area contributed by atoms with Crippen LogP contribution in [0.2, 0.25) is 0 Å². The summed E-state index contributed by atoms with van der Waals surface area (Å²) in [5.41, 5.74) is 0.556. The summed E-state index contributed by atoms with van der Waals surface area (Å²) in [5, 5.41) is 2.69. The number of hydrogen-bond acceptors (Lipinski definition) is 2. The SMILES string of the molecule is C[NH+](CC(=O)Nc1ccc(F)cc1)CC(=O)N1CCCC1. The zero-order valence-corrected chi connectivity index (χ0v) is 12.2. The Morgan fingerprint density at radius 2 is 1.81 bits per heavy atom. The van der Waals surface area contributed by atoms with Crippen LogP contribution < -0.4 is 10.2 Å². The third-order valence-corrected chi connectivity index (χ3v) is 3.50. The van der Waals surface area contributed by atoms with E-state index in [-0.39, 0.29) is 24.2 Å². The molecule has 1 saturated heterocycles. The number of likely N-dealkylation sites (tertiary alicyclic amines) is 1. The number of carbonyl (C=O) groups is 2. The minimum atomic E-state index is -0.341. The van der Waals surface area contributed by atoms with Crippen LogP contribution in [0.4, 0.5) is 10.1 Å². The van der Waals surface area contributed by atoms with Crippen LogP contribution in [0.3, 0.4) is 0 Å². The fourth-order valence-electron chi connectivity index (χ4n) is 2.41. The summed E-state index contributed by atoms with van der Waals surface area (Å²) in [4.78, 5) is 26.5. The van der Waals surface area contributed by atoms with Gasteiger partial charge in [-0.05, 0) is 37.1 Å². The molecule has 2 amide bonds. The van der Waals surface area contributed by atoms with E-state index in [0.717, 1.165) is 30.8 Å². The Labute approximate surface area is 123 Å². The van der Waals surface area contributed by atoms with E-state index in [2.05, 4.69) is 5.32 Å². The van der Waals surface area contributed by atoms with Gasteiger partial charge in [0.15, 0.2) is 13.1 Å². The summed E-state index contributed by atoms with van der Waals surface area (Å²) in [6.45, 7) is 2.18. The lowest BCUT2D eigenvalue weighted by Gasteiger charge is -2.18. The molecule has 1 heterocycles. The van der Waals surface area contributed by atoms with Gasteiger partial charge in [0.2, 0.25) is 0 Å². The Morgan fingerprint density at radius 3 is 2.43 bits per heavy atom. The van der Waals surface area contributed by atoms with Crippen molar-refractivity contribution in [1.29, 1.82) is 0 Å². The Hall–Kier alpha value is -1.95. The highest BCUT2D eigenvalue weighted by molar-refractivity contribution is 5.91. The first-order chi connectivity index (χ1) is 10.0. The molecule has 5 nitrogen and oxygen atoms in total. The first kappa shape index (κ1) is 15.4. The molecule has 2 rings (SSSR count). The molecule has 1 aromatic carbocycles. The minimum absolute atomic E-state index is 0.0968. The predicted molar refractivity (Wildman–Crippen MR) is 77.5 cm³/mol. The normalized spacial score (nSPS) is 15.8. The highest BCUT2D eigenvalue weighted by Crippen LogP contribution is 2.07. The fraction of sp³-hybridized carbons (Fsp3) is 0.467. The number of carbonyl (C=O) groups excluding carboxylic acids is 2. The van der Waals surface area contributed by atoms with Crippen molar-refractivity contribution in [3.8, 4) is 0 Å². The number of hydrogen-bond donors (Lipinski definition) is 2. The van der Waals surface area contributed by atoms with Crippen LogP contribution in [-0.2, 0) is 9.59 Å². The van der Waals surface area contributed by atoms with Gasteiger partial charge in [-0.25, -0.2) is 4.39 Å². The van der Waals surface area contributed by atoms with E-state index in [4.69, 9.17) is 0 Å². The van der Waals surface area contributed by atoms with Crippen LogP contribution in [-0.4, -0.2) is 49.9 Å². The van der Waals surface area contributed by atoms with Gasteiger partial charge in [0.25, 0.3) is 11.8 Å². The van der Waals surface area contributed by atoms with E-state index in [1.807, 2.05) is 11.9 Å². The van der Waals surface area contributed by atoms with Gasteiger partial charge in [-0.15, -0.1) is 0 Å². The van der Waals surface area contributed by atoms with Crippen molar-refractivity contribution in [1.82, 2.24) is 4.90 Å². The van der Waals surface area contributed by atoms with Gasteiger partial charge in [0.1, 0.15) is 5.82 Å². The number of nitrogens with one attached hydrogen (secondary N) is 2. The lowest BCUT2D eigenvalue weighted by Crippen LogP contribution is -3.11. The smallest absolute Gasteiger partial charge is 0.279 e. The highest BCUT2D eigenvalue weighted by atomic mass is 19.1. The Morgan fingerprint density at radius 1 is 1.19 bits per heavy atom. The molecule has 0 spiro atoms. The molecule has 1 aromatic rings. The molecule has 114 valence electrons. The molecule has 0 saturated carbocycles. The molecule has 21 heavy (non-hydrogen) atoms. The first-order valence-corrected chi connectivity index (χ1v) is 7.19. The summed E-state index contributed by atoms with van der Waals surface area (Å²) in [7, 11) is 1.82. The van der Waals surface area contributed by atoms with Gasteiger partial charge in [-0.3, -0.25) is 9.59 Å². The van der Waals surface area contributed by atoms with Gasteiger partial charge >= 0.3 is 0 Å². The molecule has 0 radical (unpaired) electrons. The second-order valence-corrected chi connectivity index (χ2v) is 5.45. The third kappa shape index (κ3) is 4.82. The maximum Gasteiger partial charge on any atom is 0.279 e. The van der Waals surface area contributed by atoms with Crippen LogP contribution in [0.15, 0.2) is 24.3 Å². The Kier molecular flexibility index (Phi) is 5.27. The molecule has 0 aromatic heterocycles. The topological polar surface area (TPSA) is 53.9 Å². The average molecular weight is 294 g/mol. The predicted octanol–water partition coefficient (Wildman–Crippen LogP) is -0.0987. The molecular formula is C15H21FN3O2+. The monoisotopic (exact) mass is 294 g/mol. The first-order valence-electron chi connectivity index (χ1n) is 7.19.